The molecule has 7 heteroatoms. The maximum Gasteiger partial charge on any atom is 0.143 e. The minimum absolute atomic E-state index is 0.856. The summed E-state index contributed by atoms with van der Waals surface area (Å²) < 4.78 is 25.6. The van der Waals surface area contributed by atoms with Gasteiger partial charge in [0.15, 0.2) is 0 Å². The zero-order valence-corrected chi connectivity index (χ0v) is 65.4. The van der Waals surface area contributed by atoms with E-state index in [9.17, 15) is 0 Å². The number of fused-ring (bicyclic) bond motifs is 21. The van der Waals surface area contributed by atoms with Crippen LogP contribution in [0.25, 0.3) is 248 Å². The Kier molecular flexibility index (Phi) is 14.5. The van der Waals surface area contributed by atoms with Crippen LogP contribution in [0.4, 0.5) is 0 Å². The van der Waals surface area contributed by atoms with Crippen molar-refractivity contribution in [2.75, 3.05) is 0 Å². The first-order valence-corrected chi connectivity index (χ1v) is 41.5. The van der Waals surface area contributed by atoms with Crippen LogP contribution in [0.15, 0.2) is 427 Å². The predicted octanol–water partition coefficient (Wildman–Crippen LogP) is 31.0. The summed E-state index contributed by atoms with van der Waals surface area (Å²) in [7, 11) is 0. The van der Waals surface area contributed by atoms with Crippen LogP contribution < -0.4 is 0 Å². The maximum absolute atomic E-state index is 6.99. The molecule has 562 valence electrons. The fourth-order valence-corrected chi connectivity index (χ4v) is 20.2. The van der Waals surface area contributed by atoms with Crippen molar-refractivity contribution < 1.29 is 8.83 Å². The van der Waals surface area contributed by atoms with Crippen molar-refractivity contribution in [3.05, 3.63) is 419 Å². The summed E-state index contributed by atoms with van der Waals surface area (Å²) in [6.45, 7) is 0. The highest BCUT2D eigenvalue weighted by Crippen LogP contribution is 2.47. The number of rotatable bonds is 11. The topological polar surface area (TPSA) is 50.9 Å². The lowest BCUT2D eigenvalue weighted by Gasteiger charge is -2.11. The van der Waals surface area contributed by atoms with E-state index in [1.807, 2.05) is 6.07 Å². The third-order valence-corrected chi connectivity index (χ3v) is 25.7. The fraction of sp³-hybridized carbons (Fsp3) is 0. The molecule has 0 aliphatic carbocycles. The van der Waals surface area contributed by atoms with Gasteiger partial charge in [0.2, 0.25) is 0 Å². The fourth-order valence-electron chi connectivity index (χ4n) is 20.2. The van der Waals surface area contributed by atoms with Crippen LogP contribution in [0.3, 0.4) is 0 Å². The molecule has 0 atom stereocenters. The number of hydrogen-bond acceptors (Lipinski definition) is 2. The molecular formula is C114H69N5O2. The molecule has 0 bridgehead atoms. The first kappa shape index (κ1) is 67.0. The Morgan fingerprint density at radius 2 is 0.380 bits per heavy atom. The van der Waals surface area contributed by atoms with Crippen molar-refractivity contribution >= 4 is 153 Å². The molecule has 19 aromatic carbocycles. The van der Waals surface area contributed by atoms with E-state index >= 15 is 0 Å². The van der Waals surface area contributed by atoms with E-state index in [1.54, 1.807) is 0 Å². The lowest BCUT2D eigenvalue weighted by Crippen LogP contribution is -1.94. The summed E-state index contributed by atoms with van der Waals surface area (Å²) in [6.07, 6.45) is 0. The van der Waals surface area contributed by atoms with E-state index < -0.39 is 0 Å². The molecule has 121 heavy (non-hydrogen) atoms. The van der Waals surface area contributed by atoms with Crippen LogP contribution in [0.2, 0.25) is 0 Å². The Morgan fingerprint density at radius 1 is 0.140 bits per heavy atom. The van der Waals surface area contributed by atoms with E-state index in [0.717, 1.165) is 150 Å². The van der Waals surface area contributed by atoms with Crippen molar-refractivity contribution in [3.8, 4) is 95.2 Å². The monoisotopic (exact) mass is 1540 g/mol. The summed E-state index contributed by atoms with van der Waals surface area (Å²) in [6, 6.07) is 154. The molecule has 7 nitrogen and oxygen atoms in total. The SMILES string of the molecule is c1ccc(-n2c3ccccc3c3cc(-c4ccc5c(c4)c4ccccc4n5-c4ccc(-c5cccc6c5oc5cccc(-c7ccc(-n8c9ccccc9c9cc(-c%10ccc%11c(c%10)c%10cc(-c%12ccc%13c(c%12)c%12ccccc%12n%13-c%12ccccc%12)ccc%10n%11-c%10ccc(-c%11cccc%12c%11oc%11ccccc%11%12)cc%10)ccc98)cc7)c56)cc4)ccc32)cc1. The molecule has 26 aromatic rings. The quantitative estimate of drug-likeness (QED) is 0.130. The molecule has 0 radical (unpaired) electrons. The van der Waals surface area contributed by atoms with Gasteiger partial charge in [-0.1, -0.05) is 249 Å². The number of benzene rings is 19. The van der Waals surface area contributed by atoms with Crippen LogP contribution in [0.5, 0.6) is 0 Å². The van der Waals surface area contributed by atoms with Crippen molar-refractivity contribution in [2.45, 2.75) is 0 Å². The van der Waals surface area contributed by atoms with Crippen molar-refractivity contribution in [1.82, 2.24) is 22.8 Å². The standard InChI is InChI=1S/C114H69N5O2/c1-3-20-79(21-4-1)115-100-34-12-7-24-87(100)94-64-73(46-58-104(94)115)74-48-60-107-96(65-74)89-26-10-15-37-103(89)118(107)82-54-44-72(45-55-82)86-31-18-33-93-112-84(29-19-39-111(112)121-114(86)93)70-40-52-81(53-41-70)117-102-36-14-9-27-90(102)97-67-76(49-61-106(97)117)78-51-63-109-99(69-78)98-68-77(75-47-59-105-95(66-75)88-25-8-13-35-101(88)116(105)80-22-5-2-6-23-80)50-62-108(98)119(109)83-56-42-71(43-57-83)85-30-17-32-92-91-28-11-16-38-110(91)120-113(85)92/h1-69H. The average Bonchev–Trinajstić information content (AvgIpc) is 1.60. The molecule has 0 N–H and O–H groups in total. The second-order valence-electron chi connectivity index (χ2n) is 32.2. The summed E-state index contributed by atoms with van der Waals surface area (Å²) in [4.78, 5) is 0. The van der Waals surface area contributed by atoms with E-state index in [2.05, 4.69) is 435 Å². The smallest absolute Gasteiger partial charge is 0.143 e. The van der Waals surface area contributed by atoms with Gasteiger partial charge < -0.3 is 31.7 Å². The second kappa shape index (κ2) is 26.1. The Balaban J connectivity index is 0.532. The predicted molar refractivity (Wildman–Crippen MR) is 505 cm³/mol. The summed E-state index contributed by atoms with van der Waals surface area (Å²) in [5.41, 5.74) is 34.3. The average molecular weight is 1540 g/mol. The van der Waals surface area contributed by atoms with Gasteiger partial charge in [0.05, 0.1) is 55.2 Å². The van der Waals surface area contributed by atoms with E-state index in [4.69, 9.17) is 8.83 Å². The van der Waals surface area contributed by atoms with E-state index in [0.29, 0.717) is 0 Å². The van der Waals surface area contributed by atoms with Gasteiger partial charge in [-0.2, -0.15) is 0 Å². The minimum atomic E-state index is 0.856. The lowest BCUT2D eigenvalue weighted by atomic mass is 9.97. The molecule has 0 spiro atoms. The number of aromatic nitrogens is 5. The number of hydrogen-bond donors (Lipinski definition) is 0. The molecule has 7 aromatic heterocycles. The Hall–Kier alpha value is -16.2. The van der Waals surface area contributed by atoms with Gasteiger partial charge in [-0.15, -0.1) is 0 Å². The summed E-state index contributed by atoms with van der Waals surface area (Å²) in [5, 5.41) is 16.6. The van der Waals surface area contributed by atoms with Crippen LogP contribution in [0.1, 0.15) is 0 Å². The van der Waals surface area contributed by atoms with Gasteiger partial charge in [-0.05, 0) is 225 Å². The van der Waals surface area contributed by atoms with E-state index in [-0.39, 0.29) is 0 Å². The molecule has 0 unspecified atom stereocenters. The zero-order valence-electron chi connectivity index (χ0n) is 65.4. The Bertz CT molecular complexity index is 8810. The highest BCUT2D eigenvalue weighted by Gasteiger charge is 2.24. The van der Waals surface area contributed by atoms with Gasteiger partial charge in [0.25, 0.3) is 0 Å². The number of furan rings is 2. The molecular weight excluding hydrogens is 1470 g/mol. The normalized spacial score (nSPS) is 12.1. The van der Waals surface area contributed by atoms with Gasteiger partial charge >= 0.3 is 0 Å². The molecule has 0 aliphatic rings. The third-order valence-electron chi connectivity index (χ3n) is 25.7. The van der Waals surface area contributed by atoms with Crippen LogP contribution >= 0.6 is 0 Å². The lowest BCUT2D eigenvalue weighted by molar-refractivity contribution is 0.669. The van der Waals surface area contributed by atoms with Gasteiger partial charge in [-0.3, -0.25) is 0 Å². The molecule has 0 fully saturated rings. The van der Waals surface area contributed by atoms with Crippen LogP contribution in [-0.2, 0) is 0 Å². The first-order chi connectivity index (χ1) is 60.0. The molecule has 0 saturated carbocycles. The first-order valence-electron chi connectivity index (χ1n) is 41.5. The van der Waals surface area contributed by atoms with Crippen LogP contribution in [-0.4, -0.2) is 22.8 Å². The summed E-state index contributed by atoms with van der Waals surface area (Å²) in [5.74, 6) is 0. The largest absolute Gasteiger partial charge is 0.455 e. The Labute approximate surface area is 693 Å². The Morgan fingerprint density at radius 3 is 0.752 bits per heavy atom. The van der Waals surface area contributed by atoms with Gasteiger partial charge in [-0.25, -0.2) is 0 Å². The zero-order chi connectivity index (χ0) is 79.1. The van der Waals surface area contributed by atoms with Crippen LogP contribution in [0, 0.1) is 0 Å². The molecule has 7 heterocycles. The molecule has 0 saturated heterocycles. The van der Waals surface area contributed by atoms with Crippen molar-refractivity contribution in [1.29, 1.82) is 0 Å². The molecule has 26 rings (SSSR count). The number of para-hydroxylation sites is 9. The second-order valence-corrected chi connectivity index (χ2v) is 32.2. The molecule has 0 aliphatic heterocycles. The minimum Gasteiger partial charge on any atom is -0.455 e. The third kappa shape index (κ3) is 10.2. The molecule has 0 amide bonds. The van der Waals surface area contributed by atoms with Gasteiger partial charge in [0, 0.05) is 115 Å². The van der Waals surface area contributed by atoms with E-state index in [1.165, 1.54) is 98.1 Å². The highest BCUT2D eigenvalue weighted by molar-refractivity contribution is 6.19. The summed E-state index contributed by atoms with van der Waals surface area (Å²) >= 11 is 0. The number of nitrogens with zero attached hydrogens (tertiary/aromatic N) is 5. The van der Waals surface area contributed by atoms with Crippen molar-refractivity contribution in [3.63, 3.8) is 0 Å². The van der Waals surface area contributed by atoms with Gasteiger partial charge in [0.1, 0.15) is 22.3 Å². The maximum atomic E-state index is 6.99. The highest BCUT2D eigenvalue weighted by atomic mass is 16.3. The van der Waals surface area contributed by atoms with Crippen molar-refractivity contribution in [2.24, 2.45) is 0 Å².